The summed E-state index contributed by atoms with van der Waals surface area (Å²) in [6, 6.07) is 24.2. The topological polar surface area (TPSA) is 108 Å². The molecular formula is C30H33N3O5. The molecule has 3 aromatic carbocycles. The summed E-state index contributed by atoms with van der Waals surface area (Å²) in [7, 11) is 1.80. The van der Waals surface area contributed by atoms with Crippen molar-refractivity contribution in [1.82, 2.24) is 15.5 Å². The Morgan fingerprint density at radius 3 is 2.08 bits per heavy atom. The predicted octanol–water partition coefficient (Wildman–Crippen LogP) is 4.01. The number of nitrogens with one attached hydrogen (secondary N) is 2. The van der Waals surface area contributed by atoms with E-state index in [0.29, 0.717) is 6.54 Å². The molecule has 4 rings (SSSR count). The van der Waals surface area contributed by atoms with E-state index in [-0.39, 0.29) is 25.5 Å². The molecular weight excluding hydrogens is 482 g/mol. The van der Waals surface area contributed by atoms with E-state index in [1.807, 2.05) is 71.6 Å². The number of aliphatic carboxylic acids is 1. The van der Waals surface area contributed by atoms with Crippen LogP contribution in [0.15, 0.2) is 78.9 Å². The Kier molecular flexibility index (Phi) is 8.76. The van der Waals surface area contributed by atoms with E-state index in [4.69, 9.17) is 4.74 Å². The predicted molar refractivity (Wildman–Crippen MR) is 145 cm³/mol. The molecule has 0 aromatic heterocycles. The first-order valence-corrected chi connectivity index (χ1v) is 12.7. The van der Waals surface area contributed by atoms with Crippen LogP contribution in [0.4, 0.5) is 4.79 Å². The number of ether oxygens (including phenoxy) is 1. The highest BCUT2D eigenvalue weighted by molar-refractivity contribution is 5.84. The Bertz CT molecular complexity index is 1230. The first kappa shape index (κ1) is 26.9. The highest BCUT2D eigenvalue weighted by Gasteiger charge is 2.29. The summed E-state index contributed by atoms with van der Waals surface area (Å²) < 4.78 is 5.54. The van der Waals surface area contributed by atoms with Gasteiger partial charge >= 0.3 is 12.1 Å². The van der Waals surface area contributed by atoms with Crippen LogP contribution in [-0.4, -0.2) is 60.3 Å². The number of alkyl carbamates (subject to hydrolysis) is 1. The van der Waals surface area contributed by atoms with Crippen LogP contribution in [0.1, 0.15) is 36.0 Å². The highest BCUT2D eigenvalue weighted by Crippen LogP contribution is 2.44. The summed E-state index contributed by atoms with van der Waals surface area (Å²) in [6.45, 7) is 2.55. The van der Waals surface area contributed by atoms with E-state index in [1.54, 1.807) is 14.0 Å². The number of amides is 2. The fourth-order valence-electron chi connectivity index (χ4n) is 4.88. The first-order chi connectivity index (χ1) is 18.3. The number of rotatable bonds is 11. The highest BCUT2D eigenvalue weighted by atomic mass is 16.5. The van der Waals surface area contributed by atoms with Gasteiger partial charge in [0.1, 0.15) is 12.6 Å². The summed E-state index contributed by atoms with van der Waals surface area (Å²) >= 11 is 0. The minimum Gasteiger partial charge on any atom is -0.480 e. The molecule has 8 heteroatoms. The Balaban J connectivity index is 1.25. The van der Waals surface area contributed by atoms with Crippen molar-refractivity contribution in [3.63, 3.8) is 0 Å². The maximum absolute atomic E-state index is 12.5. The normalized spacial score (nSPS) is 13.8. The molecule has 1 aliphatic carbocycles. The van der Waals surface area contributed by atoms with Gasteiger partial charge in [-0.1, -0.05) is 78.9 Å². The van der Waals surface area contributed by atoms with Gasteiger partial charge in [0.2, 0.25) is 5.91 Å². The van der Waals surface area contributed by atoms with Gasteiger partial charge in [0.25, 0.3) is 0 Å². The van der Waals surface area contributed by atoms with Gasteiger partial charge in [-0.2, -0.15) is 0 Å². The smallest absolute Gasteiger partial charge is 0.407 e. The fraction of sp³-hybridized carbons (Fsp3) is 0.300. The van der Waals surface area contributed by atoms with Gasteiger partial charge in [-0.25, -0.2) is 9.59 Å². The number of benzene rings is 3. The largest absolute Gasteiger partial charge is 0.480 e. The number of carboxylic acids is 1. The molecule has 198 valence electrons. The monoisotopic (exact) mass is 515 g/mol. The van der Waals surface area contributed by atoms with Crippen molar-refractivity contribution in [2.75, 3.05) is 20.2 Å². The number of carbonyl (C=O) groups excluding carboxylic acids is 2. The molecule has 0 saturated heterocycles. The average Bonchev–Trinajstić information content (AvgIpc) is 3.21. The third kappa shape index (κ3) is 6.77. The van der Waals surface area contributed by atoms with E-state index >= 15 is 0 Å². The second-order valence-electron chi connectivity index (χ2n) is 9.72. The molecule has 2 atom stereocenters. The van der Waals surface area contributed by atoms with Crippen LogP contribution in [0, 0.1) is 0 Å². The number of hydrogen-bond acceptors (Lipinski definition) is 5. The van der Waals surface area contributed by atoms with Crippen molar-refractivity contribution in [1.29, 1.82) is 0 Å². The van der Waals surface area contributed by atoms with Crippen LogP contribution in [0.3, 0.4) is 0 Å². The Morgan fingerprint density at radius 1 is 0.895 bits per heavy atom. The van der Waals surface area contributed by atoms with Gasteiger partial charge in [-0.3, -0.25) is 9.69 Å². The van der Waals surface area contributed by atoms with E-state index in [0.717, 1.165) is 27.8 Å². The fourth-order valence-corrected chi connectivity index (χ4v) is 4.88. The van der Waals surface area contributed by atoms with Crippen molar-refractivity contribution in [2.24, 2.45) is 0 Å². The Hall–Kier alpha value is -4.17. The average molecular weight is 516 g/mol. The standard InChI is InChI=1S/C30H33N3O5/c1-20(16-28(34)32-27(29(35)36)18-33(2)17-21-10-4-3-5-11-21)31-30(37)38-19-26-24-14-8-6-12-22(24)23-13-7-9-15-25(23)26/h3-15,20,26-27H,16-19H2,1-2H3,(H,31,37)(H,32,34)(H,35,36). The summed E-state index contributed by atoms with van der Waals surface area (Å²) in [5, 5.41) is 14.8. The Morgan fingerprint density at radius 2 is 1.47 bits per heavy atom. The van der Waals surface area contributed by atoms with Crippen molar-refractivity contribution in [2.45, 2.75) is 37.9 Å². The SMILES string of the molecule is CC(CC(=O)NC(CN(C)Cc1ccccc1)C(=O)O)NC(=O)OCC1c2ccccc2-c2ccccc21. The lowest BCUT2D eigenvalue weighted by Crippen LogP contribution is -2.49. The number of carboxylic acid groups (broad SMARTS) is 1. The van der Waals surface area contributed by atoms with Gasteiger partial charge < -0.3 is 20.5 Å². The zero-order chi connectivity index (χ0) is 27.1. The lowest BCUT2D eigenvalue weighted by molar-refractivity contribution is -0.142. The van der Waals surface area contributed by atoms with Crippen molar-refractivity contribution < 1.29 is 24.2 Å². The third-order valence-corrected chi connectivity index (χ3v) is 6.62. The molecule has 0 radical (unpaired) electrons. The number of carbonyl (C=O) groups is 3. The van der Waals surface area contributed by atoms with Crippen molar-refractivity contribution in [3.05, 3.63) is 95.6 Å². The quantitative estimate of drug-likeness (QED) is 0.356. The maximum atomic E-state index is 12.5. The molecule has 0 bridgehead atoms. The second kappa shape index (κ2) is 12.4. The molecule has 0 aliphatic heterocycles. The Labute approximate surface area is 222 Å². The molecule has 0 fully saturated rings. The van der Waals surface area contributed by atoms with Crippen LogP contribution in [0.2, 0.25) is 0 Å². The van der Waals surface area contributed by atoms with E-state index in [2.05, 4.69) is 22.8 Å². The van der Waals surface area contributed by atoms with Crippen molar-refractivity contribution >= 4 is 18.0 Å². The number of hydrogen-bond donors (Lipinski definition) is 3. The zero-order valence-corrected chi connectivity index (χ0v) is 21.6. The third-order valence-electron chi connectivity index (χ3n) is 6.62. The molecule has 0 saturated carbocycles. The summed E-state index contributed by atoms with van der Waals surface area (Å²) in [5.74, 6) is -1.64. The number of likely N-dealkylation sites (N-methyl/N-ethyl adjacent to an activating group) is 1. The number of fused-ring (bicyclic) bond motifs is 3. The second-order valence-corrected chi connectivity index (χ2v) is 9.72. The molecule has 38 heavy (non-hydrogen) atoms. The van der Waals surface area contributed by atoms with Gasteiger partial charge in [0, 0.05) is 31.5 Å². The van der Waals surface area contributed by atoms with Gasteiger partial charge in [-0.15, -0.1) is 0 Å². The molecule has 8 nitrogen and oxygen atoms in total. The van der Waals surface area contributed by atoms with Crippen LogP contribution in [-0.2, 0) is 20.9 Å². The maximum Gasteiger partial charge on any atom is 0.407 e. The molecule has 0 spiro atoms. The van der Waals surface area contributed by atoms with Crippen LogP contribution in [0.25, 0.3) is 11.1 Å². The van der Waals surface area contributed by atoms with Gasteiger partial charge in [0.05, 0.1) is 0 Å². The van der Waals surface area contributed by atoms with E-state index in [9.17, 15) is 19.5 Å². The van der Waals surface area contributed by atoms with Crippen LogP contribution in [0.5, 0.6) is 0 Å². The summed E-state index contributed by atoms with van der Waals surface area (Å²) in [6.07, 6.45) is -0.694. The van der Waals surface area contributed by atoms with Crippen molar-refractivity contribution in [3.8, 4) is 11.1 Å². The molecule has 2 unspecified atom stereocenters. The molecule has 1 aliphatic rings. The molecule has 3 N–H and O–H groups in total. The summed E-state index contributed by atoms with van der Waals surface area (Å²) in [4.78, 5) is 38.6. The van der Waals surface area contributed by atoms with E-state index < -0.39 is 30.1 Å². The first-order valence-electron chi connectivity index (χ1n) is 12.7. The lowest BCUT2D eigenvalue weighted by Gasteiger charge is -2.23. The minimum atomic E-state index is -1.12. The van der Waals surface area contributed by atoms with Gasteiger partial charge in [0.15, 0.2) is 0 Å². The lowest BCUT2D eigenvalue weighted by atomic mass is 9.98. The molecule has 0 heterocycles. The molecule has 3 aromatic rings. The van der Waals surface area contributed by atoms with Crippen LogP contribution >= 0.6 is 0 Å². The zero-order valence-electron chi connectivity index (χ0n) is 21.6. The minimum absolute atomic E-state index is 0.0593. The number of nitrogens with zero attached hydrogens (tertiary/aromatic N) is 1. The van der Waals surface area contributed by atoms with Crippen LogP contribution < -0.4 is 10.6 Å². The molecule has 2 amide bonds. The van der Waals surface area contributed by atoms with Gasteiger partial charge in [-0.05, 0) is 41.8 Å². The van der Waals surface area contributed by atoms with E-state index in [1.165, 1.54) is 0 Å². The summed E-state index contributed by atoms with van der Waals surface area (Å²) in [5.41, 5.74) is 5.57.